The molecule has 2 rings (SSSR count). The first-order valence-electron chi connectivity index (χ1n) is 5.43. The van der Waals surface area contributed by atoms with E-state index in [4.69, 9.17) is 5.84 Å². The summed E-state index contributed by atoms with van der Waals surface area (Å²) in [5.74, 6) is 3.69. The minimum atomic E-state index is -0.887. The number of hydrogen-bond donors (Lipinski definition) is 2. The molecule has 4 nitrogen and oxygen atoms in total. The van der Waals surface area contributed by atoms with Crippen molar-refractivity contribution >= 4 is 0 Å². The number of hydrazine groups is 1. The number of rotatable bonds is 3. The predicted octanol–water partition coefficient (Wildman–Crippen LogP) is 1.56. The van der Waals surface area contributed by atoms with Crippen molar-refractivity contribution in [3.8, 4) is 0 Å². The van der Waals surface area contributed by atoms with Crippen LogP contribution in [0.5, 0.6) is 0 Å². The van der Waals surface area contributed by atoms with Crippen LogP contribution in [0.2, 0.25) is 0 Å². The zero-order valence-corrected chi connectivity index (χ0v) is 10.1. The first-order valence-corrected chi connectivity index (χ1v) is 5.43. The molecule has 0 amide bonds. The molecule has 0 fully saturated rings. The second-order valence-corrected chi connectivity index (χ2v) is 4.15. The summed E-state index contributed by atoms with van der Waals surface area (Å²) in [6.45, 7) is 1.51. The van der Waals surface area contributed by atoms with Crippen LogP contribution in [0.25, 0.3) is 0 Å². The fourth-order valence-electron chi connectivity index (χ4n) is 1.84. The second kappa shape index (κ2) is 4.83. The van der Waals surface area contributed by atoms with Crippen molar-refractivity contribution < 1.29 is 8.78 Å². The van der Waals surface area contributed by atoms with Crippen molar-refractivity contribution in [2.24, 2.45) is 12.9 Å². The molecule has 0 radical (unpaired) electrons. The largest absolute Gasteiger partial charge is 0.275 e. The highest BCUT2D eigenvalue weighted by atomic mass is 19.2. The van der Waals surface area contributed by atoms with Crippen LogP contribution in [0.3, 0.4) is 0 Å². The number of nitrogens with two attached hydrogens (primary N) is 1. The second-order valence-electron chi connectivity index (χ2n) is 4.15. The monoisotopic (exact) mass is 252 g/mol. The topological polar surface area (TPSA) is 55.9 Å². The summed E-state index contributed by atoms with van der Waals surface area (Å²) >= 11 is 0. The average molecular weight is 252 g/mol. The van der Waals surface area contributed by atoms with Crippen molar-refractivity contribution in [1.29, 1.82) is 0 Å². The van der Waals surface area contributed by atoms with Gasteiger partial charge in [0.25, 0.3) is 0 Å². The highest BCUT2D eigenvalue weighted by molar-refractivity contribution is 5.33. The lowest BCUT2D eigenvalue weighted by Crippen LogP contribution is -2.29. The van der Waals surface area contributed by atoms with E-state index in [1.54, 1.807) is 24.1 Å². The van der Waals surface area contributed by atoms with Crippen LogP contribution in [-0.4, -0.2) is 9.78 Å². The Morgan fingerprint density at radius 2 is 2.06 bits per heavy atom. The van der Waals surface area contributed by atoms with Gasteiger partial charge in [-0.3, -0.25) is 10.5 Å². The summed E-state index contributed by atoms with van der Waals surface area (Å²) in [6.07, 6.45) is 3.25. The molecule has 0 aliphatic rings. The SMILES string of the molecule is Cc1ccc(C(NN)c2cnn(C)c2)c(F)c1F. The van der Waals surface area contributed by atoms with E-state index >= 15 is 0 Å². The van der Waals surface area contributed by atoms with Crippen LogP contribution < -0.4 is 11.3 Å². The first kappa shape index (κ1) is 12.7. The number of nitrogens with zero attached hydrogens (tertiary/aromatic N) is 2. The summed E-state index contributed by atoms with van der Waals surface area (Å²) in [5, 5.41) is 3.99. The molecule has 1 unspecified atom stereocenters. The summed E-state index contributed by atoms with van der Waals surface area (Å²) in [5.41, 5.74) is 3.57. The van der Waals surface area contributed by atoms with E-state index < -0.39 is 17.7 Å². The van der Waals surface area contributed by atoms with Gasteiger partial charge in [-0.2, -0.15) is 5.10 Å². The Morgan fingerprint density at radius 3 is 2.61 bits per heavy atom. The quantitative estimate of drug-likeness (QED) is 0.644. The predicted molar refractivity (Wildman–Crippen MR) is 63.5 cm³/mol. The zero-order valence-electron chi connectivity index (χ0n) is 10.1. The van der Waals surface area contributed by atoms with Crippen LogP contribution in [-0.2, 0) is 7.05 Å². The molecule has 1 heterocycles. The lowest BCUT2D eigenvalue weighted by atomic mass is 10.00. The third-order valence-corrected chi connectivity index (χ3v) is 2.84. The number of benzene rings is 1. The number of halogens is 2. The van der Waals surface area contributed by atoms with Gasteiger partial charge < -0.3 is 0 Å². The maximum atomic E-state index is 13.9. The van der Waals surface area contributed by atoms with Crippen molar-refractivity contribution in [3.05, 3.63) is 52.9 Å². The molecule has 0 aliphatic heterocycles. The van der Waals surface area contributed by atoms with Crippen molar-refractivity contribution in [1.82, 2.24) is 15.2 Å². The highest BCUT2D eigenvalue weighted by Gasteiger charge is 2.21. The molecule has 6 heteroatoms. The standard InChI is InChI=1S/C12H14F2N4/c1-7-3-4-9(11(14)10(7)13)12(17-15)8-5-16-18(2)6-8/h3-6,12,17H,15H2,1-2H3. The third-order valence-electron chi connectivity index (χ3n) is 2.84. The summed E-state index contributed by atoms with van der Waals surface area (Å²) < 4.78 is 29.0. The number of hydrogen-bond acceptors (Lipinski definition) is 3. The lowest BCUT2D eigenvalue weighted by molar-refractivity contribution is 0.478. The van der Waals surface area contributed by atoms with Crippen molar-refractivity contribution in [2.45, 2.75) is 13.0 Å². The molecule has 18 heavy (non-hydrogen) atoms. The van der Waals surface area contributed by atoms with E-state index in [0.717, 1.165) is 0 Å². The van der Waals surface area contributed by atoms with Gasteiger partial charge in [0.1, 0.15) is 0 Å². The molecule has 1 aromatic heterocycles. The Morgan fingerprint density at radius 1 is 1.33 bits per heavy atom. The third kappa shape index (κ3) is 2.12. The van der Waals surface area contributed by atoms with Crippen molar-refractivity contribution in [3.63, 3.8) is 0 Å². The molecule has 1 atom stereocenters. The van der Waals surface area contributed by atoms with Gasteiger partial charge in [0.2, 0.25) is 0 Å². The lowest BCUT2D eigenvalue weighted by Gasteiger charge is -2.16. The molecule has 3 N–H and O–H groups in total. The van der Waals surface area contributed by atoms with Crippen LogP contribution in [0.1, 0.15) is 22.7 Å². The van der Waals surface area contributed by atoms with Crippen molar-refractivity contribution in [2.75, 3.05) is 0 Å². The molecule has 0 spiro atoms. The van der Waals surface area contributed by atoms with E-state index in [1.165, 1.54) is 19.1 Å². The van der Waals surface area contributed by atoms with E-state index in [1.807, 2.05) is 0 Å². The Labute approximate surface area is 103 Å². The van der Waals surface area contributed by atoms with Gasteiger partial charge in [-0.15, -0.1) is 0 Å². The Balaban J connectivity index is 2.49. The number of nitrogens with one attached hydrogen (secondary N) is 1. The highest BCUT2D eigenvalue weighted by Crippen LogP contribution is 2.26. The van der Waals surface area contributed by atoms with E-state index in [-0.39, 0.29) is 11.1 Å². The van der Waals surface area contributed by atoms with Crippen LogP contribution in [0.4, 0.5) is 8.78 Å². The maximum Gasteiger partial charge on any atom is 0.164 e. The Kier molecular flexibility index (Phi) is 3.40. The molecule has 0 saturated heterocycles. The maximum absolute atomic E-state index is 13.9. The van der Waals surface area contributed by atoms with Gasteiger partial charge in [0.15, 0.2) is 11.6 Å². The molecule has 2 aromatic rings. The van der Waals surface area contributed by atoms with Gasteiger partial charge in [0, 0.05) is 24.4 Å². The van der Waals surface area contributed by atoms with Gasteiger partial charge >= 0.3 is 0 Å². The molecule has 0 saturated carbocycles. The fraction of sp³-hybridized carbons (Fsp3) is 0.250. The average Bonchev–Trinajstić information content (AvgIpc) is 2.77. The van der Waals surface area contributed by atoms with Gasteiger partial charge in [-0.05, 0) is 12.5 Å². The van der Waals surface area contributed by atoms with Crippen LogP contribution in [0, 0.1) is 18.6 Å². The molecule has 0 bridgehead atoms. The molecular weight excluding hydrogens is 238 g/mol. The number of aryl methyl sites for hydroxylation is 2. The minimum Gasteiger partial charge on any atom is -0.275 e. The summed E-state index contributed by atoms with van der Waals surface area (Å²) in [4.78, 5) is 0. The van der Waals surface area contributed by atoms with Crippen LogP contribution >= 0.6 is 0 Å². The minimum absolute atomic E-state index is 0.161. The molecule has 1 aromatic carbocycles. The zero-order chi connectivity index (χ0) is 13.3. The molecular formula is C12H14F2N4. The smallest absolute Gasteiger partial charge is 0.164 e. The van der Waals surface area contributed by atoms with Gasteiger partial charge in [0.05, 0.1) is 12.2 Å². The number of aromatic nitrogens is 2. The van der Waals surface area contributed by atoms with Gasteiger partial charge in [-0.25, -0.2) is 14.2 Å². The first-order chi connectivity index (χ1) is 8.54. The van der Waals surface area contributed by atoms with E-state index in [2.05, 4.69) is 10.5 Å². The van der Waals surface area contributed by atoms with E-state index in [0.29, 0.717) is 5.56 Å². The fourth-order valence-corrected chi connectivity index (χ4v) is 1.84. The molecule has 96 valence electrons. The van der Waals surface area contributed by atoms with Gasteiger partial charge in [-0.1, -0.05) is 12.1 Å². The Hall–Kier alpha value is -1.79. The Bertz CT molecular complexity index is 565. The van der Waals surface area contributed by atoms with Crippen LogP contribution in [0.15, 0.2) is 24.5 Å². The molecule has 0 aliphatic carbocycles. The summed E-state index contributed by atoms with van der Waals surface area (Å²) in [7, 11) is 1.74. The normalized spacial score (nSPS) is 12.7. The van der Waals surface area contributed by atoms with E-state index in [9.17, 15) is 8.78 Å². The summed E-state index contributed by atoms with van der Waals surface area (Å²) in [6, 6.07) is 2.41.